The van der Waals surface area contributed by atoms with Gasteiger partial charge in [-0.2, -0.15) is 8.78 Å². The van der Waals surface area contributed by atoms with E-state index in [9.17, 15) is 13.6 Å². The van der Waals surface area contributed by atoms with Crippen molar-refractivity contribution in [3.8, 4) is 5.75 Å². The van der Waals surface area contributed by atoms with Crippen molar-refractivity contribution >= 4 is 17.2 Å². The topological polar surface area (TPSA) is 69.0 Å². The van der Waals surface area contributed by atoms with E-state index in [-0.39, 0.29) is 17.2 Å². The van der Waals surface area contributed by atoms with Crippen LogP contribution in [0.2, 0.25) is 0 Å². The van der Waals surface area contributed by atoms with Gasteiger partial charge in [-0.05, 0) is 11.4 Å². The van der Waals surface area contributed by atoms with Gasteiger partial charge < -0.3 is 14.6 Å². The molecule has 6 nitrogen and oxygen atoms in total. The van der Waals surface area contributed by atoms with Crippen LogP contribution in [0.1, 0.15) is 15.5 Å². The monoisotopic (exact) mass is 288 g/mol. The zero-order chi connectivity index (χ0) is 13.8. The second kappa shape index (κ2) is 5.74. The molecule has 9 heteroatoms. The quantitative estimate of drug-likeness (QED) is 0.903. The lowest BCUT2D eigenvalue weighted by Gasteiger charge is -2.06. The molecule has 0 aliphatic heterocycles. The van der Waals surface area contributed by atoms with E-state index in [2.05, 4.69) is 20.3 Å². The van der Waals surface area contributed by atoms with E-state index in [4.69, 9.17) is 0 Å². The normalized spacial score (nSPS) is 10.7. The lowest BCUT2D eigenvalue weighted by molar-refractivity contribution is -0.0498. The van der Waals surface area contributed by atoms with Gasteiger partial charge in [0.15, 0.2) is 5.82 Å². The third-order valence-electron chi connectivity index (χ3n) is 2.26. The van der Waals surface area contributed by atoms with Crippen molar-refractivity contribution in [1.82, 2.24) is 20.1 Å². The van der Waals surface area contributed by atoms with Crippen LogP contribution in [0.15, 0.2) is 17.8 Å². The maximum Gasteiger partial charge on any atom is 0.387 e. The fourth-order valence-electron chi connectivity index (χ4n) is 1.36. The van der Waals surface area contributed by atoms with Gasteiger partial charge in [0.25, 0.3) is 5.91 Å². The minimum absolute atomic E-state index is 0.0995. The molecule has 0 fully saturated rings. The standard InChI is InChI=1S/C10H10F2N4O2S/c1-16-5-14-15-7(16)4-13-9(17)8-6(2-3-19-8)18-10(11)12/h2-3,5,10H,4H2,1H3,(H,13,17). The molecule has 0 aliphatic carbocycles. The molecule has 0 aliphatic rings. The van der Waals surface area contributed by atoms with Crippen LogP contribution in [0.4, 0.5) is 8.78 Å². The van der Waals surface area contributed by atoms with Gasteiger partial charge in [0.2, 0.25) is 0 Å². The summed E-state index contributed by atoms with van der Waals surface area (Å²) in [5.41, 5.74) is 0. The first-order valence-electron chi connectivity index (χ1n) is 5.21. The highest BCUT2D eigenvalue weighted by Crippen LogP contribution is 2.26. The molecule has 0 unspecified atom stereocenters. The Morgan fingerprint density at radius 2 is 2.42 bits per heavy atom. The molecule has 0 radical (unpaired) electrons. The summed E-state index contributed by atoms with van der Waals surface area (Å²) in [7, 11) is 1.73. The molecule has 0 atom stereocenters. The minimum atomic E-state index is -2.96. The maximum absolute atomic E-state index is 12.1. The third kappa shape index (κ3) is 3.25. The van der Waals surface area contributed by atoms with Gasteiger partial charge in [-0.25, -0.2) is 0 Å². The van der Waals surface area contributed by atoms with Crippen LogP contribution in [0.5, 0.6) is 5.75 Å². The van der Waals surface area contributed by atoms with Crippen molar-refractivity contribution in [2.75, 3.05) is 0 Å². The molecule has 2 aromatic heterocycles. The Morgan fingerprint density at radius 3 is 3.05 bits per heavy atom. The molecule has 2 aromatic rings. The minimum Gasteiger partial charge on any atom is -0.433 e. The Kier molecular flexibility index (Phi) is 4.05. The second-order valence-electron chi connectivity index (χ2n) is 3.53. The molecule has 0 aromatic carbocycles. The summed E-state index contributed by atoms with van der Waals surface area (Å²) in [6, 6.07) is 1.33. The summed E-state index contributed by atoms with van der Waals surface area (Å²) in [5.74, 6) is -0.0645. The number of nitrogens with one attached hydrogen (secondary N) is 1. The van der Waals surface area contributed by atoms with Crippen molar-refractivity contribution in [3.05, 3.63) is 28.5 Å². The molecule has 0 saturated carbocycles. The number of alkyl halides is 2. The number of amides is 1. The first-order chi connectivity index (χ1) is 9.08. The van der Waals surface area contributed by atoms with E-state index in [1.165, 1.54) is 17.8 Å². The molecule has 19 heavy (non-hydrogen) atoms. The van der Waals surface area contributed by atoms with Gasteiger partial charge in [0.05, 0.1) is 6.54 Å². The van der Waals surface area contributed by atoms with Gasteiger partial charge in [0, 0.05) is 7.05 Å². The number of carbonyl (C=O) groups is 1. The average molecular weight is 288 g/mol. The van der Waals surface area contributed by atoms with E-state index >= 15 is 0 Å². The number of carbonyl (C=O) groups excluding carboxylic acids is 1. The average Bonchev–Trinajstić information content (AvgIpc) is 2.95. The van der Waals surface area contributed by atoms with E-state index in [1.807, 2.05) is 0 Å². The van der Waals surface area contributed by atoms with Crippen molar-refractivity contribution < 1.29 is 18.3 Å². The zero-order valence-corrected chi connectivity index (χ0v) is 10.7. The summed E-state index contributed by atoms with van der Waals surface area (Å²) >= 11 is 1.03. The Bertz CT molecular complexity index is 569. The van der Waals surface area contributed by atoms with E-state index < -0.39 is 12.5 Å². The highest BCUT2D eigenvalue weighted by atomic mass is 32.1. The van der Waals surface area contributed by atoms with Crippen LogP contribution < -0.4 is 10.1 Å². The Hall–Kier alpha value is -2.03. The molecular weight excluding hydrogens is 278 g/mol. The number of nitrogens with zero attached hydrogens (tertiary/aromatic N) is 3. The number of aryl methyl sites for hydroxylation is 1. The number of rotatable bonds is 5. The molecule has 102 valence electrons. The van der Waals surface area contributed by atoms with Gasteiger partial charge in [-0.1, -0.05) is 0 Å². The predicted molar refractivity (Wildman–Crippen MR) is 63.1 cm³/mol. The SMILES string of the molecule is Cn1cnnc1CNC(=O)c1sccc1OC(F)F. The van der Waals surface area contributed by atoms with Crippen molar-refractivity contribution in [2.24, 2.45) is 7.05 Å². The second-order valence-corrected chi connectivity index (χ2v) is 4.45. The predicted octanol–water partition coefficient (Wildman–Crippen LogP) is 1.41. The fraction of sp³-hybridized carbons (Fsp3) is 0.300. The summed E-state index contributed by atoms with van der Waals surface area (Å²) in [6.07, 6.45) is 1.50. The highest BCUT2D eigenvalue weighted by molar-refractivity contribution is 7.12. The van der Waals surface area contributed by atoms with E-state index in [0.29, 0.717) is 5.82 Å². The highest BCUT2D eigenvalue weighted by Gasteiger charge is 2.17. The number of aromatic nitrogens is 3. The van der Waals surface area contributed by atoms with Crippen LogP contribution in [0.25, 0.3) is 0 Å². The van der Waals surface area contributed by atoms with Crippen LogP contribution in [0.3, 0.4) is 0 Å². The van der Waals surface area contributed by atoms with Gasteiger partial charge >= 0.3 is 6.61 Å². The summed E-state index contributed by atoms with van der Waals surface area (Å²) in [6.45, 7) is -2.80. The number of hydrogen-bond donors (Lipinski definition) is 1. The van der Waals surface area contributed by atoms with Gasteiger partial charge in [0.1, 0.15) is 17.0 Å². The lowest BCUT2D eigenvalue weighted by atomic mass is 10.4. The lowest BCUT2D eigenvalue weighted by Crippen LogP contribution is -2.24. The molecule has 0 saturated heterocycles. The first kappa shape index (κ1) is 13.4. The Labute approximate surface area is 111 Å². The summed E-state index contributed by atoms with van der Waals surface area (Å²) in [4.78, 5) is 11.9. The van der Waals surface area contributed by atoms with Crippen molar-refractivity contribution in [3.63, 3.8) is 0 Å². The molecule has 1 amide bonds. The Morgan fingerprint density at radius 1 is 1.63 bits per heavy atom. The molecular formula is C10H10F2N4O2S. The number of ether oxygens (including phenoxy) is 1. The first-order valence-corrected chi connectivity index (χ1v) is 6.09. The van der Waals surface area contributed by atoms with E-state index in [0.717, 1.165) is 11.3 Å². The molecule has 2 heterocycles. The fourth-order valence-corrected chi connectivity index (χ4v) is 2.10. The smallest absolute Gasteiger partial charge is 0.387 e. The molecule has 1 N–H and O–H groups in total. The van der Waals surface area contributed by atoms with Gasteiger partial charge in [-0.15, -0.1) is 21.5 Å². The Balaban J connectivity index is 2.00. The molecule has 0 spiro atoms. The maximum atomic E-state index is 12.1. The largest absolute Gasteiger partial charge is 0.433 e. The number of thiophene rings is 1. The van der Waals surface area contributed by atoms with Crippen LogP contribution in [-0.2, 0) is 13.6 Å². The molecule has 0 bridgehead atoms. The van der Waals surface area contributed by atoms with Crippen molar-refractivity contribution in [1.29, 1.82) is 0 Å². The van der Waals surface area contributed by atoms with Crippen LogP contribution >= 0.6 is 11.3 Å². The zero-order valence-electron chi connectivity index (χ0n) is 9.84. The number of hydrogen-bond acceptors (Lipinski definition) is 5. The third-order valence-corrected chi connectivity index (χ3v) is 3.16. The van der Waals surface area contributed by atoms with Crippen molar-refractivity contribution in [2.45, 2.75) is 13.2 Å². The van der Waals surface area contributed by atoms with Crippen LogP contribution in [-0.4, -0.2) is 27.3 Å². The number of halogens is 2. The summed E-state index contributed by atoms with van der Waals surface area (Å²) in [5, 5.41) is 11.5. The van der Waals surface area contributed by atoms with Crippen LogP contribution in [0, 0.1) is 0 Å². The van der Waals surface area contributed by atoms with Gasteiger partial charge in [-0.3, -0.25) is 4.79 Å². The molecule has 2 rings (SSSR count). The van der Waals surface area contributed by atoms with E-state index in [1.54, 1.807) is 11.6 Å². The summed E-state index contributed by atoms with van der Waals surface area (Å²) < 4.78 is 30.2.